The third-order valence-corrected chi connectivity index (χ3v) is 1.64. The van der Waals surface area contributed by atoms with Crippen LogP contribution in [-0.4, -0.2) is 11.1 Å². The van der Waals surface area contributed by atoms with Crippen LogP contribution in [0, 0.1) is 0 Å². The Morgan fingerprint density at radius 1 is 0.867 bits per heavy atom. The Morgan fingerprint density at radius 2 is 1.20 bits per heavy atom. The first-order valence-corrected chi connectivity index (χ1v) is 5.24. The lowest BCUT2D eigenvalue weighted by Crippen LogP contribution is -2.30. The van der Waals surface area contributed by atoms with Gasteiger partial charge in [-0.3, -0.25) is 0 Å². The predicted molar refractivity (Wildman–Crippen MR) is 65.1 cm³/mol. The Hall–Kier alpha value is -0.800. The standard InChI is InChI=1S/C12H24N2O/c1-11(2,13)7-5-9-15-10-6-8-12(3,4)14/h5-6,9-10H,7-8,13-14H2,1-4H3. The van der Waals surface area contributed by atoms with Gasteiger partial charge in [-0.15, -0.1) is 0 Å². The smallest absolute Gasteiger partial charge is 0.0862 e. The van der Waals surface area contributed by atoms with Crippen molar-refractivity contribution < 1.29 is 4.74 Å². The van der Waals surface area contributed by atoms with E-state index >= 15 is 0 Å². The molecule has 0 aromatic carbocycles. The minimum atomic E-state index is -0.178. The van der Waals surface area contributed by atoms with Gasteiger partial charge in [0.05, 0.1) is 12.5 Å². The molecule has 0 rings (SSSR count). The number of ether oxygens (including phenoxy) is 1. The van der Waals surface area contributed by atoms with E-state index in [0.717, 1.165) is 12.8 Å². The maximum absolute atomic E-state index is 5.79. The summed E-state index contributed by atoms with van der Waals surface area (Å²) in [5.74, 6) is 0. The van der Waals surface area contributed by atoms with E-state index in [9.17, 15) is 0 Å². The molecule has 0 unspecified atom stereocenters. The van der Waals surface area contributed by atoms with Crippen molar-refractivity contribution in [1.82, 2.24) is 0 Å². The molecule has 0 amide bonds. The van der Waals surface area contributed by atoms with Crippen LogP contribution in [0.1, 0.15) is 40.5 Å². The second kappa shape index (κ2) is 5.93. The molecule has 3 nitrogen and oxygen atoms in total. The maximum Gasteiger partial charge on any atom is 0.0862 e. The van der Waals surface area contributed by atoms with Gasteiger partial charge in [-0.2, -0.15) is 0 Å². The van der Waals surface area contributed by atoms with Gasteiger partial charge in [-0.05, 0) is 52.7 Å². The van der Waals surface area contributed by atoms with Gasteiger partial charge in [0.1, 0.15) is 0 Å². The van der Waals surface area contributed by atoms with Gasteiger partial charge < -0.3 is 16.2 Å². The first-order chi connectivity index (χ1) is 6.71. The van der Waals surface area contributed by atoms with Crippen molar-refractivity contribution in [2.24, 2.45) is 11.5 Å². The summed E-state index contributed by atoms with van der Waals surface area (Å²) in [7, 11) is 0. The van der Waals surface area contributed by atoms with Crippen LogP contribution >= 0.6 is 0 Å². The molecule has 88 valence electrons. The largest absolute Gasteiger partial charge is 0.473 e. The fraction of sp³-hybridized carbons (Fsp3) is 0.667. The Bertz CT molecular complexity index is 195. The average Bonchev–Trinajstić information content (AvgIpc) is 1.98. The molecule has 0 bridgehead atoms. The molecule has 0 aromatic rings. The second-order valence-corrected chi connectivity index (χ2v) is 5.27. The van der Waals surface area contributed by atoms with Crippen LogP contribution in [0.5, 0.6) is 0 Å². The van der Waals surface area contributed by atoms with E-state index in [2.05, 4.69) is 0 Å². The highest BCUT2D eigenvalue weighted by Gasteiger charge is 2.07. The Labute approximate surface area is 93.2 Å². The molecule has 0 aromatic heterocycles. The van der Waals surface area contributed by atoms with Crippen molar-refractivity contribution in [1.29, 1.82) is 0 Å². The van der Waals surface area contributed by atoms with Crippen molar-refractivity contribution in [3.63, 3.8) is 0 Å². The van der Waals surface area contributed by atoms with Gasteiger partial charge in [0.15, 0.2) is 0 Å². The lowest BCUT2D eigenvalue weighted by Gasteiger charge is -2.15. The zero-order valence-electron chi connectivity index (χ0n) is 10.3. The Kier molecular flexibility index (Phi) is 5.61. The topological polar surface area (TPSA) is 61.3 Å². The van der Waals surface area contributed by atoms with Gasteiger partial charge in [0.25, 0.3) is 0 Å². The fourth-order valence-corrected chi connectivity index (χ4v) is 0.860. The predicted octanol–water partition coefficient (Wildman–Crippen LogP) is 2.29. The zero-order chi connectivity index (χ0) is 11.9. The van der Waals surface area contributed by atoms with Gasteiger partial charge in [-0.1, -0.05) is 0 Å². The quantitative estimate of drug-likeness (QED) is 0.664. The average molecular weight is 212 g/mol. The lowest BCUT2D eigenvalue weighted by molar-refractivity contribution is 0.391. The molecule has 3 heteroatoms. The van der Waals surface area contributed by atoms with Crippen LogP contribution in [0.15, 0.2) is 24.7 Å². The third kappa shape index (κ3) is 13.2. The maximum atomic E-state index is 5.79. The first-order valence-electron chi connectivity index (χ1n) is 5.24. The molecule has 0 fully saturated rings. The SMILES string of the molecule is CC(C)(N)CC=COC=CCC(C)(C)N. The molecule has 4 N–H and O–H groups in total. The number of nitrogens with two attached hydrogens (primary N) is 2. The van der Waals surface area contributed by atoms with Crippen LogP contribution in [-0.2, 0) is 4.74 Å². The minimum Gasteiger partial charge on any atom is -0.473 e. The highest BCUT2D eigenvalue weighted by molar-refractivity contribution is 4.89. The van der Waals surface area contributed by atoms with Crippen LogP contribution in [0.4, 0.5) is 0 Å². The van der Waals surface area contributed by atoms with Gasteiger partial charge in [0.2, 0.25) is 0 Å². The van der Waals surface area contributed by atoms with E-state index in [0.29, 0.717) is 0 Å². The van der Waals surface area contributed by atoms with Gasteiger partial charge in [-0.25, -0.2) is 0 Å². The van der Waals surface area contributed by atoms with Crippen LogP contribution < -0.4 is 11.5 Å². The summed E-state index contributed by atoms with van der Waals surface area (Å²) in [5, 5.41) is 0. The highest BCUT2D eigenvalue weighted by atomic mass is 16.5. The van der Waals surface area contributed by atoms with Gasteiger partial charge >= 0.3 is 0 Å². The summed E-state index contributed by atoms with van der Waals surface area (Å²) in [6.45, 7) is 7.91. The lowest BCUT2D eigenvalue weighted by atomic mass is 10.0. The summed E-state index contributed by atoms with van der Waals surface area (Å²) in [5.41, 5.74) is 11.2. The molecule has 0 saturated carbocycles. The molecule has 15 heavy (non-hydrogen) atoms. The molecule has 0 spiro atoms. The molecule has 0 saturated heterocycles. The Balaban J connectivity index is 3.62. The van der Waals surface area contributed by atoms with E-state index in [4.69, 9.17) is 16.2 Å². The third-order valence-electron chi connectivity index (χ3n) is 1.64. The summed E-state index contributed by atoms with van der Waals surface area (Å²) >= 11 is 0. The summed E-state index contributed by atoms with van der Waals surface area (Å²) in [6, 6.07) is 0. The van der Waals surface area contributed by atoms with E-state index in [1.807, 2.05) is 39.8 Å². The number of hydrogen-bond donors (Lipinski definition) is 2. The van der Waals surface area contributed by atoms with Crippen molar-refractivity contribution in [2.45, 2.75) is 51.6 Å². The number of hydrogen-bond acceptors (Lipinski definition) is 3. The van der Waals surface area contributed by atoms with E-state index < -0.39 is 0 Å². The molecular formula is C12H24N2O. The van der Waals surface area contributed by atoms with E-state index in [1.54, 1.807) is 12.5 Å². The number of rotatable bonds is 6. The molecular weight excluding hydrogens is 188 g/mol. The molecule has 0 aliphatic rings. The van der Waals surface area contributed by atoms with Crippen molar-refractivity contribution >= 4 is 0 Å². The van der Waals surface area contributed by atoms with Crippen LogP contribution in [0.3, 0.4) is 0 Å². The molecule has 0 atom stereocenters. The van der Waals surface area contributed by atoms with Crippen LogP contribution in [0.25, 0.3) is 0 Å². The van der Waals surface area contributed by atoms with Crippen molar-refractivity contribution in [3.05, 3.63) is 24.7 Å². The molecule has 0 aliphatic carbocycles. The second-order valence-electron chi connectivity index (χ2n) is 5.27. The normalized spacial score (nSPS) is 14.0. The Morgan fingerprint density at radius 3 is 1.47 bits per heavy atom. The molecule has 0 heterocycles. The van der Waals surface area contributed by atoms with Crippen LogP contribution in [0.2, 0.25) is 0 Å². The molecule has 0 radical (unpaired) electrons. The monoisotopic (exact) mass is 212 g/mol. The highest BCUT2D eigenvalue weighted by Crippen LogP contribution is 2.05. The zero-order valence-corrected chi connectivity index (χ0v) is 10.3. The van der Waals surface area contributed by atoms with E-state index in [1.165, 1.54) is 0 Å². The summed E-state index contributed by atoms with van der Waals surface area (Å²) in [6.07, 6.45) is 8.71. The van der Waals surface area contributed by atoms with E-state index in [-0.39, 0.29) is 11.1 Å². The molecule has 0 aliphatic heterocycles. The summed E-state index contributed by atoms with van der Waals surface area (Å²) < 4.78 is 5.15. The minimum absolute atomic E-state index is 0.178. The van der Waals surface area contributed by atoms with Crippen molar-refractivity contribution in [2.75, 3.05) is 0 Å². The summed E-state index contributed by atoms with van der Waals surface area (Å²) in [4.78, 5) is 0. The fourth-order valence-electron chi connectivity index (χ4n) is 0.860. The first kappa shape index (κ1) is 14.2. The van der Waals surface area contributed by atoms with Gasteiger partial charge in [0, 0.05) is 11.1 Å². The van der Waals surface area contributed by atoms with Crippen molar-refractivity contribution in [3.8, 4) is 0 Å².